The minimum Gasteiger partial charge on any atom is -0.465 e. The van der Waals surface area contributed by atoms with E-state index in [2.05, 4.69) is 43.6 Å². The Bertz CT molecular complexity index is 227. The summed E-state index contributed by atoms with van der Waals surface area (Å²) in [4.78, 5) is 11.6. The Kier molecular flexibility index (Phi) is 11.7. The zero-order valence-electron chi connectivity index (χ0n) is 13.1. The summed E-state index contributed by atoms with van der Waals surface area (Å²) in [5, 5.41) is 1.02. The molecule has 0 N–H and O–H groups in total. The molecule has 0 saturated heterocycles. The first-order valence-corrected chi connectivity index (χ1v) is 8.81. The lowest BCUT2D eigenvalue weighted by Gasteiger charge is -2.21. The van der Waals surface area contributed by atoms with Crippen molar-refractivity contribution >= 4 is 21.9 Å². The third-order valence-corrected chi connectivity index (χ3v) is 4.09. The summed E-state index contributed by atoms with van der Waals surface area (Å²) in [6.45, 7) is 9.52. The van der Waals surface area contributed by atoms with Crippen molar-refractivity contribution < 1.29 is 9.53 Å². The number of esters is 1. The van der Waals surface area contributed by atoms with Crippen molar-refractivity contribution in [3.05, 3.63) is 0 Å². The number of carbonyl (C=O) groups excluding carboxylic acids is 1. The van der Waals surface area contributed by atoms with Crippen LogP contribution in [0, 0.1) is 17.8 Å². The van der Waals surface area contributed by atoms with E-state index in [1.54, 1.807) is 0 Å². The topological polar surface area (TPSA) is 26.3 Å². The van der Waals surface area contributed by atoms with E-state index in [-0.39, 0.29) is 5.97 Å². The SMILES string of the molecule is CC(C)CCC(COC(=O)CCCCCBr)C(C)C. The maximum Gasteiger partial charge on any atom is 0.305 e. The number of halogens is 1. The number of alkyl halides is 1. The summed E-state index contributed by atoms with van der Waals surface area (Å²) in [6.07, 6.45) is 6.13. The lowest BCUT2D eigenvalue weighted by atomic mass is 9.89. The molecule has 0 aromatic heterocycles. The van der Waals surface area contributed by atoms with Crippen molar-refractivity contribution in [2.24, 2.45) is 17.8 Å². The van der Waals surface area contributed by atoms with E-state index < -0.39 is 0 Å². The molecule has 0 aliphatic rings. The fourth-order valence-electron chi connectivity index (χ4n) is 1.97. The fourth-order valence-corrected chi connectivity index (χ4v) is 2.37. The van der Waals surface area contributed by atoms with Crippen LogP contribution in [0.2, 0.25) is 0 Å². The van der Waals surface area contributed by atoms with Gasteiger partial charge < -0.3 is 4.74 Å². The Morgan fingerprint density at radius 3 is 2.26 bits per heavy atom. The lowest BCUT2D eigenvalue weighted by Crippen LogP contribution is -2.19. The van der Waals surface area contributed by atoms with Crippen LogP contribution in [-0.2, 0) is 9.53 Å². The van der Waals surface area contributed by atoms with Crippen LogP contribution in [-0.4, -0.2) is 17.9 Å². The summed E-state index contributed by atoms with van der Waals surface area (Å²) in [7, 11) is 0. The molecule has 0 amide bonds. The van der Waals surface area contributed by atoms with Crippen molar-refractivity contribution in [1.82, 2.24) is 0 Å². The monoisotopic (exact) mass is 334 g/mol. The molecule has 0 spiro atoms. The lowest BCUT2D eigenvalue weighted by molar-refractivity contribution is -0.145. The number of hydrogen-bond acceptors (Lipinski definition) is 2. The van der Waals surface area contributed by atoms with Crippen LogP contribution in [0.25, 0.3) is 0 Å². The maximum atomic E-state index is 11.6. The standard InChI is InChI=1S/C16H31BrO2/c1-13(2)9-10-15(14(3)4)12-19-16(18)8-6-5-7-11-17/h13-15H,5-12H2,1-4H3. The van der Waals surface area contributed by atoms with Gasteiger partial charge in [0.2, 0.25) is 0 Å². The molecule has 0 bridgehead atoms. The van der Waals surface area contributed by atoms with E-state index in [0.29, 0.717) is 24.9 Å². The summed E-state index contributed by atoms with van der Waals surface area (Å²) in [5.41, 5.74) is 0. The molecule has 0 heterocycles. The first-order valence-electron chi connectivity index (χ1n) is 7.69. The molecule has 1 unspecified atom stereocenters. The van der Waals surface area contributed by atoms with Gasteiger partial charge in [-0.15, -0.1) is 0 Å². The van der Waals surface area contributed by atoms with Crippen molar-refractivity contribution in [1.29, 1.82) is 0 Å². The highest BCUT2D eigenvalue weighted by atomic mass is 79.9. The van der Waals surface area contributed by atoms with Crippen LogP contribution in [0.5, 0.6) is 0 Å². The van der Waals surface area contributed by atoms with Crippen molar-refractivity contribution in [3.8, 4) is 0 Å². The molecule has 0 radical (unpaired) electrons. The fraction of sp³-hybridized carbons (Fsp3) is 0.938. The number of carbonyl (C=O) groups is 1. The van der Waals surface area contributed by atoms with Gasteiger partial charge in [-0.2, -0.15) is 0 Å². The van der Waals surface area contributed by atoms with Crippen molar-refractivity contribution in [2.45, 2.75) is 66.2 Å². The van der Waals surface area contributed by atoms with E-state index in [1.165, 1.54) is 6.42 Å². The van der Waals surface area contributed by atoms with Crippen molar-refractivity contribution in [3.63, 3.8) is 0 Å². The van der Waals surface area contributed by atoms with Gasteiger partial charge in [0.15, 0.2) is 0 Å². The molecule has 0 aromatic carbocycles. The summed E-state index contributed by atoms with van der Waals surface area (Å²) in [5.74, 6) is 1.79. The molecule has 0 rings (SSSR count). The second-order valence-electron chi connectivity index (χ2n) is 6.16. The van der Waals surface area contributed by atoms with Gasteiger partial charge in [0.25, 0.3) is 0 Å². The van der Waals surface area contributed by atoms with Gasteiger partial charge in [-0.1, -0.05) is 56.5 Å². The summed E-state index contributed by atoms with van der Waals surface area (Å²) >= 11 is 3.39. The van der Waals surface area contributed by atoms with Crippen LogP contribution in [0.1, 0.15) is 66.2 Å². The molecular weight excluding hydrogens is 304 g/mol. The van der Waals surface area contributed by atoms with E-state index in [9.17, 15) is 4.79 Å². The zero-order chi connectivity index (χ0) is 14.7. The number of unbranched alkanes of at least 4 members (excludes halogenated alkanes) is 2. The summed E-state index contributed by atoms with van der Waals surface area (Å²) in [6, 6.07) is 0. The average molecular weight is 335 g/mol. The van der Waals surface area contributed by atoms with Crippen LogP contribution in [0.4, 0.5) is 0 Å². The van der Waals surface area contributed by atoms with E-state index in [0.717, 1.165) is 36.9 Å². The van der Waals surface area contributed by atoms with Crippen LogP contribution < -0.4 is 0 Å². The molecular formula is C16H31BrO2. The maximum absolute atomic E-state index is 11.6. The molecule has 0 fully saturated rings. The highest BCUT2D eigenvalue weighted by Crippen LogP contribution is 2.20. The second kappa shape index (κ2) is 11.7. The number of rotatable bonds is 11. The van der Waals surface area contributed by atoms with Gasteiger partial charge in [0.05, 0.1) is 6.61 Å². The first kappa shape index (κ1) is 18.9. The molecule has 0 aliphatic heterocycles. The van der Waals surface area contributed by atoms with Gasteiger partial charge >= 0.3 is 5.97 Å². The predicted octanol–water partition coefficient (Wildman–Crippen LogP) is 5.19. The third-order valence-electron chi connectivity index (χ3n) is 3.53. The Hall–Kier alpha value is -0.0500. The Balaban J connectivity index is 3.80. The number of hydrogen-bond donors (Lipinski definition) is 0. The third kappa shape index (κ3) is 11.5. The average Bonchev–Trinajstić information content (AvgIpc) is 2.33. The minimum absolute atomic E-state index is 0.0234. The molecule has 114 valence electrons. The molecule has 2 nitrogen and oxygen atoms in total. The van der Waals surface area contributed by atoms with E-state index >= 15 is 0 Å². The highest BCUT2D eigenvalue weighted by molar-refractivity contribution is 9.09. The molecule has 0 saturated carbocycles. The largest absolute Gasteiger partial charge is 0.465 e. The van der Waals surface area contributed by atoms with Crippen LogP contribution in [0.15, 0.2) is 0 Å². The molecule has 3 heteroatoms. The van der Waals surface area contributed by atoms with Crippen LogP contribution in [0.3, 0.4) is 0 Å². The van der Waals surface area contributed by atoms with Gasteiger partial charge in [0.1, 0.15) is 0 Å². The quantitative estimate of drug-likeness (QED) is 0.295. The molecule has 1 atom stereocenters. The zero-order valence-corrected chi connectivity index (χ0v) is 14.7. The Morgan fingerprint density at radius 1 is 1.05 bits per heavy atom. The molecule has 19 heavy (non-hydrogen) atoms. The van der Waals surface area contributed by atoms with Crippen molar-refractivity contribution in [2.75, 3.05) is 11.9 Å². The first-order chi connectivity index (χ1) is 8.97. The van der Waals surface area contributed by atoms with Gasteiger partial charge in [-0.3, -0.25) is 4.79 Å². The van der Waals surface area contributed by atoms with E-state index in [4.69, 9.17) is 4.74 Å². The molecule has 0 aliphatic carbocycles. The Morgan fingerprint density at radius 2 is 1.74 bits per heavy atom. The Labute approximate surface area is 127 Å². The van der Waals surface area contributed by atoms with Gasteiger partial charge in [-0.05, 0) is 37.0 Å². The highest BCUT2D eigenvalue weighted by Gasteiger charge is 2.16. The minimum atomic E-state index is -0.0234. The predicted molar refractivity (Wildman–Crippen MR) is 85.6 cm³/mol. The summed E-state index contributed by atoms with van der Waals surface area (Å²) < 4.78 is 5.43. The van der Waals surface area contributed by atoms with Crippen LogP contribution >= 0.6 is 15.9 Å². The van der Waals surface area contributed by atoms with E-state index in [1.807, 2.05) is 0 Å². The second-order valence-corrected chi connectivity index (χ2v) is 6.95. The normalized spacial score (nSPS) is 13.0. The smallest absolute Gasteiger partial charge is 0.305 e. The number of ether oxygens (including phenoxy) is 1. The van der Waals surface area contributed by atoms with Gasteiger partial charge in [-0.25, -0.2) is 0 Å². The molecule has 0 aromatic rings. The van der Waals surface area contributed by atoms with Gasteiger partial charge in [0, 0.05) is 11.8 Å².